The standard InChI is InChI=1S/C15H21NOS/c1-3-12(10-17)8-16(2)9-13-11-18-15-7-5-4-6-14(13)15/h4-7,11-12,17H,3,8-10H2,1-2H3. The van der Waals surface area contributed by atoms with E-state index in [1.165, 1.54) is 15.6 Å². The van der Waals surface area contributed by atoms with Gasteiger partial charge in [-0.15, -0.1) is 11.3 Å². The summed E-state index contributed by atoms with van der Waals surface area (Å²) in [6, 6.07) is 8.55. The number of aliphatic hydroxyl groups excluding tert-OH is 1. The molecular formula is C15H21NOS. The summed E-state index contributed by atoms with van der Waals surface area (Å²) in [5.41, 5.74) is 1.39. The molecule has 2 aromatic rings. The third-order valence-corrected chi connectivity index (χ3v) is 4.42. The predicted octanol–water partition coefficient (Wildman–Crippen LogP) is 3.35. The van der Waals surface area contributed by atoms with Gasteiger partial charge in [0, 0.05) is 24.4 Å². The summed E-state index contributed by atoms with van der Waals surface area (Å²) in [7, 11) is 2.13. The molecule has 1 atom stereocenters. The maximum absolute atomic E-state index is 9.25. The second-order valence-corrected chi connectivity index (χ2v) is 5.82. The molecule has 0 amide bonds. The Bertz CT molecular complexity index is 490. The Labute approximate surface area is 113 Å². The Morgan fingerprint density at radius 2 is 2.11 bits per heavy atom. The predicted molar refractivity (Wildman–Crippen MR) is 79.0 cm³/mol. The number of thiophene rings is 1. The normalized spacial score (nSPS) is 13.3. The fourth-order valence-corrected chi connectivity index (χ4v) is 3.22. The molecule has 0 aliphatic heterocycles. The van der Waals surface area contributed by atoms with Crippen molar-refractivity contribution in [3.8, 4) is 0 Å². The molecule has 0 saturated heterocycles. The average molecular weight is 263 g/mol. The van der Waals surface area contributed by atoms with Crippen molar-refractivity contribution in [3.05, 3.63) is 35.2 Å². The summed E-state index contributed by atoms with van der Waals surface area (Å²) < 4.78 is 1.36. The molecular weight excluding hydrogens is 242 g/mol. The van der Waals surface area contributed by atoms with Gasteiger partial charge in [-0.25, -0.2) is 0 Å². The minimum Gasteiger partial charge on any atom is -0.396 e. The molecule has 1 heterocycles. The Morgan fingerprint density at radius 1 is 1.33 bits per heavy atom. The number of aliphatic hydroxyl groups is 1. The second-order valence-electron chi connectivity index (χ2n) is 4.91. The molecule has 0 aliphatic rings. The number of nitrogens with zero attached hydrogens (tertiary/aromatic N) is 1. The van der Waals surface area contributed by atoms with E-state index >= 15 is 0 Å². The van der Waals surface area contributed by atoms with Gasteiger partial charge in [0.1, 0.15) is 0 Å². The van der Waals surface area contributed by atoms with Crippen LogP contribution in [-0.4, -0.2) is 30.2 Å². The minimum absolute atomic E-state index is 0.283. The fraction of sp³-hybridized carbons (Fsp3) is 0.467. The highest BCUT2D eigenvalue weighted by Gasteiger charge is 2.11. The van der Waals surface area contributed by atoms with Gasteiger partial charge in [-0.2, -0.15) is 0 Å². The maximum atomic E-state index is 9.25. The summed E-state index contributed by atoms with van der Waals surface area (Å²) in [5, 5.41) is 12.9. The number of benzene rings is 1. The number of hydrogen-bond acceptors (Lipinski definition) is 3. The zero-order valence-electron chi connectivity index (χ0n) is 11.1. The summed E-state index contributed by atoms with van der Waals surface area (Å²) in [6.07, 6.45) is 1.03. The van der Waals surface area contributed by atoms with Crippen LogP contribution in [0.25, 0.3) is 10.1 Å². The lowest BCUT2D eigenvalue weighted by atomic mass is 10.1. The van der Waals surface area contributed by atoms with Crippen LogP contribution in [0.5, 0.6) is 0 Å². The summed E-state index contributed by atoms with van der Waals surface area (Å²) in [4.78, 5) is 2.30. The first-order valence-corrected chi connectivity index (χ1v) is 7.37. The highest BCUT2D eigenvalue weighted by atomic mass is 32.1. The van der Waals surface area contributed by atoms with Gasteiger partial charge in [-0.05, 0) is 41.8 Å². The molecule has 2 rings (SSSR count). The Hall–Kier alpha value is -0.900. The molecule has 0 radical (unpaired) electrons. The van der Waals surface area contributed by atoms with Crippen LogP contribution in [0.4, 0.5) is 0 Å². The Kier molecular flexibility index (Phi) is 4.75. The third-order valence-electron chi connectivity index (χ3n) is 3.41. The molecule has 0 aliphatic carbocycles. The van der Waals surface area contributed by atoms with E-state index in [2.05, 4.69) is 48.5 Å². The maximum Gasteiger partial charge on any atom is 0.0471 e. The van der Waals surface area contributed by atoms with E-state index < -0.39 is 0 Å². The highest BCUT2D eigenvalue weighted by Crippen LogP contribution is 2.26. The molecule has 0 bridgehead atoms. The minimum atomic E-state index is 0.283. The van der Waals surface area contributed by atoms with Crippen molar-refractivity contribution in [1.29, 1.82) is 0 Å². The van der Waals surface area contributed by atoms with Gasteiger partial charge < -0.3 is 10.0 Å². The van der Waals surface area contributed by atoms with E-state index in [4.69, 9.17) is 0 Å². The topological polar surface area (TPSA) is 23.5 Å². The van der Waals surface area contributed by atoms with Crippen LogP contribution in [0.1, 0.15) is 18.9 Å². The first-order chi connectivity index (χ1) is 8.74. The van der Waals surface area contributed by atoms with Crippen molar-refractivity contribution in [2.45, 2.75) is 19.9 Å². The van der Waals surface area contributed by atoms with Gasteiger partial charge in [0.25, 0.3) is 0 Å². The van der Waals surface area contributed by atoms with Crippen LogP contribution < -0.4 is 0 Å². The largest absolute Gasteiger partial charge is 0.396 e. The van der Waals surface area contributed by atoms with Gasteiger partial charge >= 0.3 is 0 Å². The van der Waals surface area contributed by atoms with Crippen LogP contribution in [0.3, 0.4) is 0 Å². The lowest BCUT2D eigenvalue weighted by Gasteiger charge is -2.21. The van der Waals surface area contributed by atoms with Crippen molar-refractivity contribution >= 4 is 21.4 Å². The molecule has 98 valence electrons. The van der Waals surface area contributed by atoms with E-state index in [1.807, 2.05) is 11.3 Å². The molecule has 1 aromatic heterocycles. The zero-order chi connectivity index (χ0) is 13.0. The highest BCUT2D eigenvalue weighted by molar-refractivity contribution is 7.17. The number of rotatable bonds is 6. The lowest BCUT2D eigenvalue weighted by Crippen LogP contribution is -2.26. The molecule has 2 nitrogen and oxygen atoms in total. The van der Waals surface area contributed by atoms with E-state index in [0.717, 1.165) is 19.5 Å². The molecule has 18 heavy (non-hydrogen) atoms. The van der Waals surface area contributed by atoms with Crippen molar-refractivity contribution in [1.82, 2.24) is 4.90 Å². The van der Waals surface area contributed by atoms with E-state index in [-0.39, 0.29) is 6.61 Å². The molecule has 1 unspecified atom stereocenters. The monoisotopic (exact) mass is 263 g/mol. The summed E-state index contributed by atoms with van der Waals surface area (Å²) in [6.45, 7) is 4.33. The molecule has 0 fully saturated rings. The van der Waals surface area contributed by atoms with Crippen LogP contribution in [0, 0.1) is 5.92 Å². The van der Waals surface area contributed by atoms with Crippen molar-refractivity contribution in [3.63, 3.8) is 0 Å². The van der Waals surface area contributed by atoms with E-state index in [1.54, 1.807) is 0 Å². The van der Waals surface area contributed by atoms with Crippen molar-refractivity contribution < 1.29 is 5.11 Å². The molecule has 1 N–H and O–H groups in total. The SMILES string of the molecule is CCC(CO)CN(C)Cc1csc2ccccc12. The van der Waals surface area contributed by atoms with Gasteiger partial charge in [0.15, 0.2) is 0 Å². The van der Waals surface area contributed by atoms with E-state index in [9.17, 15) is 5.11 Å². The molecule has 0 saturated carbocycles. The summed E-state index contributed by atoms with van der Waals surface area (Å²) in [5.74, 6) is 0.389. The summed E-state index contributed by atoms with van der Waals surface area (Å²) >= 11 is 1.81. The van der Waals surface area contributed by atoms with Crippen molar-refractivity contribution in [2.24, 2.45) is 5.92 Å². The smallest absolute Gasteiger partial charge is 0.0471 e. The quantitative estimate of drug-likeness (QED) is 0.864. The van der Waals surface area contributed by atoms with Crippen LogP contribution in [0.2, 0.25) is 0 Å². The first-order valence-electron chi connectivity index (χ1n) is 6.49. The van der Waals surface area contributed by atoms with Crippen LogP contribution >= 0.6 is 11.3 Å². The fourth-order valence-electron chi connectivity index (χ4n) is 2.27. The van der Waals surface area contributed by atoms with Gasteiger partial charge in [-0.1, -0.05) is 25.1 Å². The van der Waals surface area contributed by atoms with Gasteiger partial charge in [-0.3, -0.25) is 0 Å². The molecule has 0 spiro atoms. The van der Waals surface area contributed by atoms with Gasteiger partial charge in [0.05, 0.1) is 0 Å². The Balaban J connectivity index is 2.04. The van der Waals surface area contributed by atoms with Crippen LogP contribution in [0.15, 0.2) is 29.6 Å². The van der Waals surface area contributed by atoms with Crippen molar-refractivity contribution in [2.75, 3.05) is 20.2 Å². The third kappa shape index (κ3) is 3.10. The van der Waals surface area contributed by atoms with E-state index in [0.29, 0.717) is 5.92 Å². The second kappa shape index (κ2) is 6.32. The lowest BCUT2D eigenvalue weighted by molar-refractivity contribution is 0.173. The number of hydrogen-bond donors (Lipinski definition) is 1. The number of fused-ring (bicyclic) bond motifs is 1. The first kappa shape index (κ1) is 13.5. The zero-order valence-corrected chi connectivity index (χ0v) is 11.9. The Morgan fingerprint density at radius 3 is 2.83 bits per heavy atom. The average Bonchev–Trinajstić information content (AvgIpc) is 2.79. The van der Waals surface area contributed by atoms with Crippen LogP contribution in [-0.2, 0) is 6.54 Å². The van der Waals surface area contributed by atoms with Gasteiger partial charge in [0.2, 0.25) is 0 Å². The molecule has 1 aromatic carbocycles. The molecule has 3 heteroatoms.